The average molecular weight is 348 g/mol. The van der Waals surface area contributed by atoms with Gasteiger partial charge in [-0.25, -0.2) is 9.97 Å². The van der Waals surface area contributed by atoms with Crippen molar-refractivity contribution < 1.29 is 19.5 Å². The van der Waals surface area contributed by atoms with Crippen molar-refractivity contribution in [2.75, 3.05) is 19.6 Å². The van der Waals surface area contributed by atoms with Crippen LogP contribution in [0.1, 0.15) is 49.3 Å². The highest BCUT2D eigenvalue weighted by molar-refractivity contribution is 5.81. The van der Waals surface area contributed by atoms with E-state index in [9.17, 15) is 14.4 Å². The molecule has 0 unspecified atom stereocenters. The lowest BCUT2D eigenvalue weighted by Gasteiger charge is -2.31. The van der Waals surface area contributed by atoms with Gasteiger partial charge in [0.15, 0.2) is 0 Å². The third-order valence-corrected chi connectivity index (χ3v) is 4.20. The summed E-state index contributed by atoms with van der Waals surface area (Å²) in [4.78, 5) is 44.6. The van der Waals surface area contributed by atoms with E-state index in [1.165, 1.54) is 0 Å². The van der Waals surface area contributed by atoms with Crippen LogP contribution in [0.5, 0.6) is 0 Å². The molecule has 1 aromatic heterocycles. The summed E-state index contributed by atoms with van der Waals surface area (Å²) in [6.45, 7) is 4.47. The summed E-state index contributed by atoms with van der Waals surface area (Å²) in [5, 5.41) is 10.9. The Balaban J connectivity index is 2.01. The van der Waals surface area contributed by atoms with E-state index in [0.29, 0.717) is 18.8 Å². The molecular weight excluding hydrogens is 324 g/mol. The van der Waals surface area contributed by atoms with E-state index >= 15 is 0 Å². The standard InChI is InChI=1S/C17H24N4O4/c1-11-8-14(5-6-15(23)18-9-16(24)25)20-17(19-11)13-4-3-7-21(10-13)12(2)22/h8,13H,3-7,9-10H2,1-2H3,(H,18,23)(H,24,25)/t13-/m0/s1. The number of hydrogen-bond donors (Lipinski definition) is 2. The molecule has 1 aliphatic rings. The number of aromatic nitrogens is 2. The number of carboxylic acids is 1. The molecule has 0 radical (unpaired) electrons. The molecule has 0 spiro atoms. The molecule has 0 bridgehead atoms. The van der Waals surface area contributed by atoms with E-state index < -0.39 is 5.97 Å². The number of carbonyl (C=O) groups excluding carboxylic acids is 2. The summed E-state index contributed by atoms with van der Waals surface area (Å²) < 4.78 is 0. The van der Waals surface area contributed by atoms with Crippen molar-refractivity contribution in [3.8, 4) is 0 Å². The maximum atomic E-state index is 11.6. The first kappa shape index (κ1) is 18.8. The lowest BCUT2D eigenvalue weighted by atomic mass is 9.96. The number of carbonyl (C=O) groups is 3. The fraction of sp³-hybridized carbons (Fsp3) is 0.588. The lowest BCUT2D eigenvalue weighted by molar-refractivity contribution is -0.138. The molecule has 0 aliphatic carbocycles. The van der Waals surface area contributed by atoms with Gasteiger partial charge in [0.25, 0.3) is 0 Å². The quantitative estimate of drug-likeness (QED) is 0.780. The van der Waals surface area contributed by atoms with Gasteiger partial charge < -0.3 is 15.3 Å². The Kier molecular flexibility index (Phi) is 6.44. The molecule has 2 amide bonds. The Hall–Kier alpha value is -2.51. The highest BCUT2D eigenvalue weighted by Gasteiger charge is 2.25. The molecule has 2 heterocycles. The number of amides is 2. The summed E-state index contributed by atoms with van der Waals surface area (Å²) >= 11 is 0. The summed E-state index contributed by atoms with van der Waals surface area (Å²) in [5.41, 5.74) is 1.58. The minimum Gasteiger partial charge on any atom is -0.480 e. The number of hydrogen-bond acceptors (Lipinski definition) is 5. The molecule has 1 saturated heterocycles. The van der Waals surface area contributed by atoms with Crippen molar-refractivity contribution in [2.24, 2.45) is 0 Å². The average Bonchev–Trinajstić information content (AvgIpc) is 2.57. The van der Waals surface area contributed by atoms with Gasteiger partial charge in [-0.05, 0) is 32.3 Å². The number of likely N-dealkylation sites (tertiary alicyclic amines) is 1. The molecule has 1 fully saturated rings. The summed E-state index contributed by atoms with van der Waals surface area (Å²) in [6.07, 6.45) is 2.46. The fourth-order valence-electron chi connectivity index (χ4n) is 2.95. The van der Waals surface area contributed by atoms with Crippen LogP contribution in [0.15, 0.2) is 6.07 Å². The van der Waals surface area contributed by atoms with Crippen molar-refractivity contribution in [2.45, 2.75) is 45.4 Å². The van der Waals surface area contributed by atoms with Crippen LogP contribution in [0.4, 0.5) is 0 Å². The highest BCUT2D eigenvalue weighted by Crippen LogP contribution is 2.25. The summed E-state index contributed by atoms with van der Waals surface area (Å²) in [7, 11) is 0. The Morgan fingerprint density at radius 3 is 2.80 bits per heavy atom. The topological polar surface area (TPSA) is 112 Å². The van der Waals surface area contributed by atoms with Gasteiger partial charge in [-0.1, -0.05) is 0 Å². The van der Waals surface area contributed by atoms with Crippen LogP contribution in [0, 0.1) is 6.92 Å². The monoisotopic (exact) mass is 348 g/mol. The molecule has 0 saturated carbocycles. The van der Waals surface area contributed by atoms with Gasteiger partial charge >= 0.3 is 5.97 Å². The van der Waals surface area contributed by atoms with E-state index in [1.54, 1.807) is 6.92 Å². The molecule has 25 heavy (non-hydrogen) atoms. The Morgan fingerprint density at radius 2 is 2.12 bits per heavy atom. The Morgan fingerprint density at radius 1 is 1.36 bits per heavy atom. The SMILES string of the molecule is CC(=O)N1CCC[C@H](c2nc(C)cc(CCC(=O)NCC(=O)O)n2)C1. The lowest BCUT2D eigenvalue weighted by Crippen LogP contribution is -2.38. The molecule has 1 aromatic rings. The van der Waals surface area contributed by atoms with Gasteiger partial charge in [-0.2, -0.15) is 0 Å². The second-order valence-electron chi connectivity index (χ2n) is 6.33. The summed E-state index contributed by atoms with van der Waals surface area (Å²) in [6, 6.07) is 1.83. The maximum Gasteiger partial charge on any atom is 0.322 e. The van der Waals surface area contributed by atoms with Crippen LogP contribution >= 0.6 is 0 Å². The number of aryl methyl sites for hydroxylation is 2. The number of nitrogens with one attached hydrogen (secondary N) is 1. The molecule has 8 heteroatoms. The van der Waals surface area contributed by atoms with Gasteiger partial charge in [-0.15, -0.1) is 0 Å². The van der Waals surface area contributed by atoms with E-state index in [2.05, 4.69) is 15.3 Å². The van der Waals surface area contributed by atoms with Crippen LogP contribution in [0.2, 0.25) is 0 Å². The molecule has 0 aromatic carbocycles. The van der Waals surface area contributed by atoms with E-state index in [0.717, 1.165) is 30.8 Å². The number of carboxylic acid groups (broad SMARTS) is 1. The van der Waals surface area contributed by atoms with Crippen LogP contribution in [-0.2, 0) is 20.8 Å². The van der Waals surface area contributed by atoms with Gasteiger partial charge in [0.05, 0.1) is 0 Å². The molecule has 136 valence electrons. The van der Waals surface area contributed by atoms with Crippen LogP contribution < -0.4 is 5.32 Å². The van der Waals surface area contributed by atoms with Gasteiger partial charge in [-0.3, -0.25) is 14.4 Å². The fourth-order valence-corrected chi connectivity index (χ4v) is 2.95. The van der Waals surface area contributed by atoms with Crippen LogP contribution in [0.25, 0.3) is 0 Å². The number of nitrogens with zero attached hydrogens (tertiary/aromatic N) is 3. The third-order valence-electron chi connectivity index (χ3n) is 4.20. The predicted octanol–water partition coefficient (Wildman–Crippen LogP) is 0.644. The van der Waals surface area contributed by atoms with Gasteiger partial charge in [0.2, 0.25) is 11.8 Å². The Bertz CT molecular complexity index is 662. The zero-order chi connectivity index (χ0) is 18.4. The largest absolute Gasteiger partial charge is 0.480 e. The van der Waals surface area contributed by atoms with Crippen molar-refractivity contribution in [1.82, 2.24) is 20.2 Å². The molecule has 8 nitrogen and oxygen atoms in total. The first-order valence-electron chi connectivity index (χ1n) is 8.43. The number of piperidine rings is 1. The van der Waals surface area contributed by atoms with Gasteiger partial charge in [0, 0.05) is 43.7 Å². The number of rotatable bonds is 6. The number of aliphatic carboxylic acids is 1. The minimum atomic E-state index is -1.07. The highest BCUT2D eigenvalue weighted by atomic mass is 16.4. The molecular formula is C17H24N4O4. The van der Waals surface area contributed by atoms with Crippen molar-refractivity contribution >= 4 is 17.8 Å². The zero-order valence-electron chi connectivity index (χ0n) is 14.6. The van der Waals surface area contributed by atoms with E-state index in [4.69, 9.17) is 5.11 Å². The zero-order valence-corrected chi connectivity index (χ0v) is 14.6. The van der Waals surface area contributed by atoms with Gasteiger partial charge in [0.1, 0.15) is 12.4 Å². The normalized spacial score (nSPS) is 17.2. The predicted molar refractivity (Wildman–Crippen MR) is 90.0 cm³/mol. The first-order valence-corrected chi connectivity index (χ1v) is 8.43. The molecule has 2 rings (SSSR count). The molecule has 1 aliphatic heterocycles. The van der Waals surface area contributed by atoms with Crippen LogP contribution in [-0.4, -0.2) is 57.4 Å². The second kappa shape index (κ2) is 8.55. The minimum absolute atomic E-state index is 0.0627. The van der Waals surface area contributed by atoms with Crippen LogP contribution in [0.3, 0.4) is 0 Å². The van der Waals surface area contributed by atoms with E-state index in [-0.39, 0.29) is 30.7 Å². The maximum absolute atomic E-state index is 11.6. The van der Waals surface area contributed by atoms with E-state index in [1.807, 2.05) is 17.9 Å². The molecule has 2 N–H and O–H groups in total. The van der Waals surface area contributed by atoms with Crippen molar-refractivity contribution in [3.05, 3.63) is 23.3 Å². The molecule has 1 atom stereocenters. The van der Waals surface area contributed by atoms with Crippen molar-refractivity contribution in [3.63, 3.8) is 0 Å². The first-order chi connectivity index (χ1) is 11.8. The Labute approximate surface area is 146 Å². The summed E-state index contributed by atoms with van der Waals surface area (Å²) in [5.74, 6) is -0.502. The third kappa shape index (κ3) is 5.81. The smallest absolute Gasteiger partial charge is 0.322 e. The van der Waals surface area contributed by atoms with Crippen molar-refractivity contribution in [1.29, 1.82) is 0 Å². The second-order valence-corrected chi connectivity index (χ2v) is 6.33.